The Kier molecular flexibility index (Phi) is 5.72. The lowest BCUT2D eigenvalue weighted by molar-refractivity contribution is -0.0772. The summed E-state index contributed by atoms with van der Waals surface area (Å²) in [5.41, 5.74) is 1.74. The third kappa shape index (κ3) is 4.22. The van der Waals surface area contributed by atoms with Crippen LogP contribution in [0.15, 0.2) is 30.5 Å². The van der Waals surface area contributed by atoms with E-state index in [0.717, 1.165) is 0 Å². The Bertz CT molecular complexity index is 982. The average Bonchev–Trinajstić information content (AvgIpc) is 3.17. The number of hydrogen-bond donors (Lipinski definition) is 0. The Balaban J connectivity index is 1.38. The number of rotatable bonds is 7. The molecule has 1 aromatic carbocycles. The van der Waals surface area contributed by atoms with E-state index in [1.807, 2.05) is 6.07 Å². The molecule has 1 saturated heterocycles. The first-order chi connectivity index (χ1) is 14.2. The Morgan fingerprint density at radius 1 is 1.24 bits per heavy atom. The highest BCUT2D eigenvalue weighted by molar-refractivity contribution is 5.68. The first-order valence-electron chi connectivity index (χ1n) is 9.22. The van der Waals surface area contributed by atoms with E-state index in [2.05, 4.69) is 20.2 Å². The zero-order valence-electron chi connectivity index (χ0n) is 16.2. The smallest absolute Gasteiger partial charge is 0.219 e. The first kappa shape index (κ1) is 19.3. The van der Waals surface area contributed by atoms with Gasteiger partial charge in [-0.2, -0.15) is 0 Å². The fourth-order valence-electron chi connectivity index (χ4n) is 3.27. The summed E-state index contributed by atoms with van der Waals surface area (Å²) in [5, 5.41) is 7.95. The lowest BCUT2D eigenvalue weighted by atomic mass is 10.1. The Hall–Kier alpha value is -2.98. The first-order valence-corrected chi connectivity index (χ1v) is 9.22. The highest BCUT2D eigenvalue weighted by atomic mass is 19.1. The van der Waals surface area contributed by atoms with E-state index in [4.69, 9.17) is 19.0 Å². The van der Waals surface area contributed by atoms with Gasteiger partial charge in [0.05, 0.1) is 20.8 Å². The SMILES string of the molecule is COc1cc(F)c(CN2CCOC(COn3nnc4cccnc43)C2)cc1OC. The number of fused-ring (bicyclic) bond motifs is 1. The molecule has 0 saturated carbocycles. The van der Waals surface area contributed by atoms with Gasteiger partial charge in [0, 0.05) is 37.5 Å². The molecular weight excluding hydrogens is 381 g/mol. The van der Waals surface area contributed by atoms with E-state index in [-0.39, 0.29) is 18.5 Å². The molecule has 1 atom stereocenters. The van der Waals surface area contributed by atoms with Crippen molar-refractivity contribution in [2.45, 2.75) is 12.6 Å². The molecule has 154 valence electrons. The lowest BCUT2D eigenvalue weighted by Gasteiger charge is -2.32. The summed E-state index contributed by atoms with van der Waals surface area (Å²) >= 11 is 0. The van der Waals surface area contributed by atoms with Gasteiger partial charge in [-0.3, -0.25) is 4.90 Å². The second kappa shape index (κ2) is 8.58. The van der Waals surface area contributed by atoms with E-state index in [1.165, 1.54) is 25.1 Å². The molecule has 0 amide bonds. The molecule has 1 unspecified atom stereocenters. The van der Waals surface area contributed by atoms with Crippen molar-refractivity contribution < 1.29 is 23.4 Å². The number of ether oxygens (including phenoxy) is 3. The van der Waals surface area contributed by atoms with E-state index >= 15 is 0 Å². The Morgan fingerprint density at radius 3 is 2.90 bits per heavy atom. The fraction of sp³-hybridized carbons (Fsp3) is 0.421. The zero-order valence-corrected chi connectivity index (χ0v) is 16.2. The average molecular weight is 403 g/mol. The summed E-state index contributed by atoms with van der Waals surface area (Å²) < 4.78 is 30.6. The molecule has 4 rings (SSSR count). The maximum Gasteiger partial charge on any atom is 0.219 e. The standard InChI is InChI=1S/C19H22FN5O4/c1-26-17-8-13(15(20)9-18(17)27-2)10-24-6-7-28-14(11-24)12-29-25-19-16(22-23-25)4-3-5-21-19/h3-5,8-9,14H,6-7,10-12H2,1-2H3. The number of pyridine rings is 1. The fourth-order valence-corrected chi connectivity index (χ4v) is 3.27. The van der Waals surface area contributed by atoms with Crippen LogP contribution < -0.4 is 14.3 Å². The molecule has 2 aromatic heterocycles. The third-order valence-electron chi connectivity index (χ3n) is 4.73. The molecule has 9 nitrogen and oxygen atoms in total. The number of methoxy groups -OCH3 is 2. The minimum atomic E-state index is -0.331. The van der Waals surface area contributed by atoms with Crippen molar-refractivity contribution in [1.82, 2.24) is 25.0 Å². The van der Waals surface area contributed by atoms with Gasteiger partial charge in [0.15, 0.2) is 11.5 Å². The quantitative estimate of drug-likeness (QED) is 0.584. The Labute approximate surface area is 166 Å². The summed E-state index contributed by atoms with van der Waals surface area (Å²) in [5.74, 6) is 0.542. The van der Waals surface area contributed by atoms with Gasteiger partial charge in [-0.05, 0) is 23.4 Å². The van der Waals surface area contributed by atoms with Gasteiger partial charge >= 0.3 is 0 Å². The highest BCUT2D eigenvalue weighted by Crippen LogP contribution is 2.30. The number of halogens is 1. The largest absolute Gasteiger partial charge is 0.493 e. The summed E-state index contributed by atoms with van der Waals surface area (Å²) in [7, 11) is 3.02. The van der Waals surface area contributed by atoms with Crippen LogP contribution >= 0.6 is 0 Å². The normalized spacial score (nSPS) is 17.4. The molecule has 0 spiro atoms. The Morgan fingerprint density at radius 2 is 2.07 bits per heavy atom. The second-order valence-corrected chi connectivity index (χ2v) is 6.63. The zero-order chi connectivity index (χ0) is 20.2. The van der Waals surface area contributed by atoms with Gasteiger partial charge in [0.2, 0.25) is 5.65 Å². The van der Waals surface area contributed by atoms with Crippen molar-refractivity contribution in [2.24, 2.45) is 0 Å². The van der Waals surface area contributed by atoms with Crippen molar-refractivity contribution in [2.75, 3.05) is 40.5 Å². The second-order valence-electron chi connectivity index (χ2n) is 6.63. The number of nitrogens with zero attached hydrogens (tertiary/aromatic N) is 5. The van der Waals surface area contributed by atoms with Crippen molar-refractivity contribution in [3.63, 3.8) is 0 Å². The molecule has 1 aliphatic heterocycles. The molecule has 29 heavy (non-hydrogen) atoms. The van der Waals surface area contributed by atoms with E-state index in [1.54, 1.807) is 18.3 Å². The number of aromatic nitrogens is 4. The molecule has 0 radical (unpaired) electrons. The molecule has 3 heterocycles. The monoisotopic (exact) mass is 403 g/mol. The summed E-state index contributed by atoms with van der Waals surface area (Å²) in [6.07, 6.45) is 1.47. The molecule has 10 heteroatoms. The van der Waals surface area contributed by atoms with Gasteiger partial charge in [-0.25, -0.2) is 9.37 Å². The molecule has 3 aromatic rings. The minimum Gasteiger partial charge on any atom is -0.493 e. The van der Waals surface area contributed by atoms with Crippen LogP contribution in [0.3, 0.4) is 0 Å². The van der Waals surface area contributed by atoms with Crippen LogP contribution in [0.1, 0.15) is 5.56 Å². The molecule has 1 fully saturated rings. The highest BCUT2D eigenvalue weighted by Gasteiger charge is 2.23. The van der Waals surface area contributed by atoms with Crippen LogP contribution in [0.5, 0.6) is 11.5 Å². The molecule has 1 aliphatic rings. The maximum absolute atomic E-state index is 14.4. The predicted octanol–water partition coefficient (Wildman–Crippen LogP) is 1.31. The van der Waals surface area contributed by atoms with Crippen LogP contribution in [0.4, 0.5) is 4.39 Å². The van der Waals surface area contributed by atoms with Gasteiger partial charge < -0.3 is 19.0 Å². The van der Waals surface area contributed by atoms with Crippen LogP contribution in [0, 0.1) is 5.82 Å². The molecule has 0 N–H and O–H groups in total. The van der Waals surface area contributed by atoms with Crippen LogP contribution in [0.2, 0.25) is 0 Å². The number of hydrogen-bond acceptors (Lipinski definition) is 8. The van der Waals surface area contributed by atoms with E-state index < -0.39 is 0 Å². The lowest BCUT2D eigenvalue weighted by Crippen LogP contribution is -2.45. The predicted molar refractivity (Wildman–Crippen MR) is 101 cm³/mol. The van der Waals surface area contributed by atoms with Crippen LogP contribution in [0.25, 0.3) is 11.2 Å². The van der Waals surface area contributed by atoms with E-state index in [0.29, 0.717) is 54.5 Å². The number of morpholine rings is 1. The third-order valence-corrected chi connectivity index (χ3v) is 4.73. The van der Waals surface area contributed by atoms with Crippen LogP contribution in [-0.4, -0.2) is 71.7 Å². The summed E-state index contributed by atoms with van der Waals surface area (Å²) in [6.45, 7) is 2.52. The summed E-state index contributed by atoms with van der Waals surface area (Å²) in [4.78, 5) is 13.3. The number of benzene rings is 1. The molecule has 0 aliphatic carbocycles. The van der Waals surface area contributed by atoms with Gasteiger partial charge in [0.1, 0.15) is 24.0 Å². The van der Waals surface area contributed by atoms with Crippen molar-refractivity contribution in [3.05, 3.63) is 41.8 Å². The minimum absolute atomic E-state index is 0.185. The van der Waals surface area contributed by atoms with E-state index in [9.17, 15) is 4.39 Å². The maximum atomic E-state index is 14.4. The summed E-state index contributed by atoms with van der Waals surface area (Å²) in [6, 6.07) is 6.61. The van der Waals surface area contributed by atoms with Crippen molar-refractivity contribution in [3.8, 4) is 11.5 Å². The molecular formula is C19H22FN5O4. The van der Waals surface area contributed by atoms with Gasteiger partial charge in [-0.1, -0.05) is 4.85 Å². The van der Waals surface area contributed by atoms with Gasteiger partial charge in [0.25, 0.3) is 0 Å². The topological polar surface area (TPSA) is 83.8 Å². The van der Waals surface area contributed by atoms with Crippen molar-refractivity contribution >= 4 is 11.2 Å². The van der Waals surface area contributed by atoms with Crippen LogP contribution in [-0.2, 0) is 11.3 Å². The molecule has 0 bridgehead atoms. The van der Waals surface area contributed by atoms with Gasteiger partial charge in [-0.15, -0.1) is 5.10 Å². The van der Waals surface area contributed by atoms with Crippen molar-refractivity contribution in [1.29, 1.82) is 0 Å².